The zero-order valence-corrected chi connectivity index (χ0v) is 15.3. The lowest BCUT2D eigenvalue weighted by atomic mass is 10.2. The van der Waals surface area contributed by atoms with Gasteiger partial charge in [0.25, 0.3) is 0 Å². The molecule has 3 rings (SSSR count). The zero-order chi connectivity index (χ0) is 18.4. The number of nitrogens with one attached hydrogen (secondary N) is 1. The lowest BCUT2D eigenvalue weighted by Crippen LogP contribution is -2.30. The van der Waals surface area contributed by atoms with Gasteiger partial charge in [-0.05, 0) is 12.1 Å². The van der Waals surface area contributed by atoms with Gasteiger partial charge in [0.1, 0.15) is 18.2 Å². The topological polar surface area (TPSA) is 85.4 Å². The minimum atomic E-state index is -3.73. The van der Waals surface area contributed by atoms with Crippen LogP contribution in [0.3, 0.4) is 0 Å². The third-order valence-corrected chi connectivity index (χ3v) is 5.77. The highest BCUT2D eigenvalue weighted by Crippen LogP contribution is 2.23. The van der Waals surface area contributed by atoms with Crippen molar-refractivity contribution in [1.29, 1.82) is 0 Å². The van der Waals surface area contributed by atoms with Gasteiger partial charge in [0.05, 0.1) is 10.6 Å². The fourth-order valence-corrected chi connectivity index (χ4v) is 3.93. The molecule has 2 aromatic carbocycles. The highest BCUT2D eigenvalue weighted by molar-refractivity contribution is 7.89. The van der Waals surface area contributed by atoms with Gasteiger partial charge in [-0.2, -0.15) is 4.72 Å². The molecule has 0 radical (unpaired) electrons. The van der Waals surface area contributed by atoms with Gasteiger partial charge in [0.15, 0.2) is 0 Å². The average molecular weight is 388 g/mol. The van der Waals surface area contributed by atoms with Gasteiger partial charge in [-0.1, -0.05) is 48.5 Å². The molecule has 0 spiro atoms. The Labute approximate surface area is 155 Å². The number of ether oxygens (including phenoxy) is 1. The maximum atomic E-state index is 12.0. The van der Waals surface area contributed by atoms with E-state index in [0.717, 1.165) is 10.6 Å². The maximum Gasteiger partial charge on any atom is 0.321 e. The molecule has 3 aromatic rings. The van der Waals surface area contributed by atoms with Crippen LogP contribution in [0.4, 0.5) is 0 Å². The molecule has 26 heavy (non-hydrogen) atoms. The summed E-state index contributed by atoms with van der Waals surface area (Å²) < 4.78 is 31.4. The van der Waals surface area contributed by atoms with Crippen molar-refractivity contribution < 1.29 is 17.9 Å². The second-order valence-electron chi connectivity index (χ2n) is 5.31. The van der Waals surface area contributed by atoms with Crippen LogP contribution < -0.4 is 4.72 Å². The Balaban J connectivity index is 1.51. The zero-order valence-electron chi connectivity index (χ0n) is 13.7. The van der Waals surface area contributed by atoms with Crippen molar-refractivity contribution in [3.05, 3.63) is 71.7 Å². The predicted molar refractivity (Wildman–Crippen MR) is 99.0 cm³/mol. The Morgan fingerprint density at radius 3 is 2.38 bits per heavy atom. The summed E-state index contributed by atoms with van der Waals surface area (Å²) >= 11 is 1.46. The van der Waals surface area contributed by atoms with E-state index in [4.69, 9.17) is 4.74 Å². The number of aromatic nitrogens is 1. The largest absolute Gasteiger partial charge is 0.458 e. The van der Waals surface area contributed by atoms with Crippen molar-refractivity contribution in [2.24, 2.45) is 0 Å². The summed E-state index contributed by atoms with van der Waals surface area (Å²) in [4.78, 5) is 16.3. The van der Waals surface area contributed by atoms with Gasteiger partial charge < -0.3 is 4.74 Å². The third-order valence-electron chi connectivity index (χ3n) is 3.41. The SMILES string of the molecule is O=C(CNS(=O)(=O)c1ccccc1)OCc1csc(-c2ccccc2)n1. The number of esters is 1. The lowest BCUT2D eigenvalue weighted by molar-refractivity contribution is -0.143. The number of hydrogen-bond donors (Lipinski definition) is 1. The molecule has 0 amide bonds. The summed E-state index contributed by atoms with van der Waals surface area (Å²) in [5.41, 5.74) is 1.61. The highest BCUT2D eigenvalue weighted by atomic mass is 32.2. The first kappa shape index (κ1) is 18.2. The summed E-state index contributed by atoms with van der Waals surface area (Å²) in [7, 11) is -3.73. The normalized spacial score (nSPS) is 11.2. The van der Waals surface area contributed by atoms with Gasteiger partial charge in [-0.15, -0.1) is 11.3 Å². The number of hydrogen-bond acceptors (Lipinski definition) is 6. The number of thiazole rings is 1. The molecule has 134 valence electrons. The number of carbonyl (C=O) groups is 1. The summed E-state index contributed by atoms with van der Waals surface area (Å²) in [6.07, 6.45) is 0. The summed E-state index contributed by atoms with van der Waals surface area (Å²) in [5.74, 6) is -0.668. The molecule has 0 aliphatic carbocycles. The van der Waals surface area contributed by atoms with E-state index in [1.807, 2.05) is 35.7 Å². The standard InChI is InChI=1S/C18H16N2O4S2/c21-17(11-19-26(22,23)16-9-5-2-6-10-16)24-12-15-13-25-18(20-15)14-7-3-1-4-8-14/h1-10,13,19H,11-12H2. The van der Waals surface area contributed by atoms with Gasteiger partial charge in [0.2, 0.25) is 10.0 Å². The molecule has 0 atom stereocenters. The molecule has 0 saturated carbocycles. The van der Waals surface area contributed by atoms with Crippen molar-refractivity contribution in [2.75, 3.05) is 6.54 Å². The van der Waals surface area contributed by atoms with Crippen LogP contribution in [0.5, 0.6) is 0 Å². The fourth-order valence-electron chi connectivity index (χ4n) is 2.13. The van der Waals surface area contributed by atoms with Crippen LogP contribution in [0.2, 0.25) is 0 Å². The molecule has 0 fully saturated rings. The van der Waals surface area contributed by atoms with Crippen LogP contribution in [0.15, 0.2) is 70.9 Å². The van der Waals surface area contributed by atoms with Crippen molar-refractivity contribution in [1.82, 2.24) is 9.71 Å². The van der Waals surface area contributed by atoms with E-state index >= 15 is 0 Å². The first-order valence-corrected chi connectivity index (χ1v) is 10.1. The highest BCUT2D eigenvalue weighted by Gasteiger charge is 2.16. The smallest absolute Gasteiger partial charge is 0.321 e. The molecule has 1 N–H and O–H groups in total. The van der Waals surface area contributed by atoms with Crippen molar-refractivity contribution in [3.8, 4) is 10.6 Å². The Kier molecular flexibility index (Phi) is 5.77. The molecule has 0 aliphatic rings. The minimum Gasteiger partial charge on any atom is -0.458 e. The molecular formula is C18H16N2O4S2. The van der Waals surface area contributed by atoms with Gasteiger partial charge in [0, 0.05) is 10.9 Å². The number of benzene rings is 2. The van der Waals surface area contributed by atoms with E-state index < -0.39 is 22.5 Å². The van der Waals surface area contributed by atoms with Gasteiger partial charge in [-0.3, -0.25) is 4.79 Å². The van der Waals surface area contributed by atoms with Gasteiger partial charge in [-0.25, -0.2) is 13.4 Å². The van der Waals surface area contributed by atoms with Crippen LogP contribution in [0.1, 0.15) is 5.69 Å². The van der Waals surface area contributed by atoms with E-state index in [0.29, 0.717) is 5.69 Å². The fraction of sp³-hybridized carbons (Fsp3) is 0.111. The molecular weight excluding hydrogens is 372 g/mol. The van der Waals surface area contributed by atoms with E-state index in [2.05, 4.69) is 9.71 Å². The van der Waals surface area contributed by atoms with Crippen LogP contribution in [0.25, 0.3) is 10.6 Å². The van der Waals surface area contributed by atoms with Crippen LogP contribution in [-0.4, -0.2) is 25.9 Å². The van der Waals surface area contributed by atoms with E-state index in [-0.39, 0.29) is 11.5 Å². The minimum absolute atomic E-state index is 0.00473. The van der Waals surface area contributed by atoms with Crippen molar-refractivity contribution in [2.45, 2.75) is 11.5 Å². The van der Waals surface area contributed by atoms with Crippen molar-refractivity contribution >= 4 is 27.3 Å². The predicted octanol–water partition coefficient (Wildman–Crippen LogP) is 2.83. The molecule has 0 bridgehead atoms. The summed E-state index contributed by atoms with van der Waals surface area (Å²) in [6.45, 7) is -0.442. The Bertz CT molecular complexity index is 971. The summed E-state index contributed by atoms with van der Waals surface area (Å²) in [6, 6.07) is 17.5. The quantitative estimate of drug-likeness (QED) is 0.629. The van der Waals surface area contributed by atoms with Crippen LogP contribution in [-0.2, 0) is 26.2 Å². The number of nitrogens with zero attached hydrogens (tertiary/aromatic N) is 1. The molecule has 0 unspecified atom stereocenters. The third kappa shape index (κ3) is 4.75. The van der Waals surface area contributed by atoms with Gasteiger partial charge >= 0.3 is 5.97 Å². The average Bonchev–Trinajstić information content (AvgIpc) is 3.15. The molecule has 6 nitrogen and oxygen atoms in total. The van der Waals surface area contributed by atoms with E-state index in [1.54, 1.807) is 18.2 Å². The van der Waals surface area contributed by atoms with Crippen molar-refractivity contribution in [3.63, 3.8) is 0 Å². The first-order valence-electron chi connectivity index (χ1n) is 7.75. The lowest BCUT2D eigenvalue weighted by Gasteiger charge is -2.06. The first-order chi connectivity index (χ1) is 12.5. The molecule has 1 heterocycles. The van der Waals surface area contributed by atoms with Crippen LogP contribution >= 0.6 is 11.3 Å². The molecule has 0 aliphatic heterocycles. The molecule has 1 aromatic heterocycles. The number of carbonyl (C=O) groups excluding carboxylic acids is 1. The monoisotopic (exact) mass is 388 g/mol. The Hall–Kier alpha value is -2.55. The maximum absolute atomic E-state index is 12.0. The second kappa shape index (κ2) is 8.22. The number of sulfonamides is 1. The molecule has 8 heteroatoms. The van der Waals surface area contributed by atoms with E-state index in [9.17, 15) is 13.2 Å². The second-order valence-corrected chi connectivity index (χ2v) is 7.93. The Morgan fingerprint density at radius 1 is 1.04 bits per heavy atom. The van der Waals surface area contributed by atoms with Crippen LogP contribution in [0, 0.1) is 0 Å². The molecule has 0 saturated heterocycles. The Morgan fingerprint density at radius 2 is 1.69 bits per heavy atom. The number of rotatable bonds is 7. The van der Waals surface area contributed by atoms with E-state index in [1.165, 1.54) is 23.5 Å². The summed E-state index contributed by atoms with van der Waals surface area (Å²) in [5, 5.41) is 2.64.